The molecule has 1 aromatic carbocycles. The van der Waals surface area contributed by atoms with Crippen molar-refractivity contribution in [3.63, 3.8) is 0 Å². The summed E-state index contributed by atoms with van der Waals surface area (Å²) in [7, 11) is 3.95. The second-order valence-corrected chi connectivity index (χ2v) is 5.54. The summed E-state index contributed by atoms with van der Waals surface area (Å²) in [5, 5.41) is 4.36. The van der Waals surface area contributed by atoms with E-state index in [2.05, 4.69) is 26.3 Å². The molecule has 0 unspecified atom stereocenters. The molecule has 0 amide bonds. The molecular formula is C17H19N5. The van der Waals surface area contributed by atoms with Gasteiger partial charge in [-0.15, -0.1) is 0 Å². The molecule has 2 aromatic heterocycles. The summed E-state index contributed by atoms with van der Waals surface area (Å²) in [6, 6.07) is 10.1. The van der Waals surface area contributed by atoms with Crippen LogP contribution in [0, 0.1) is 13.8 Å². The van der Waals surface area contributed by atoms with Crippen molar-refractivity contribution in [3.8, 4) is 0 Å². The highest BCUT2D eigenvalue weighted by atomic mass is 15.2. The first-order chi connectivity index (χ1) is 10.5. The van der Waals surface area contributed by atoms with Gasteiger partial charge in [0.2, 0.25) is 5.95 Å². The Morgan fingerprint density at radius 3 is 2.59 bits per heavy atom. The SMILES string of the molecule is Cc1ccc2c(Nc3ncc(C)c(N(C)C)n3)cccc2n1. The van der Waals surface area contributed by atoms with E-state index in [1.165, 1.54) is 0 Å². The zero-order valence-electron chi connectivity index (χ0n) is 13.3. The summed E-state index contributed by atoms with van der Waals surface area (Å²) in [6.07, 6.45) is 1.83. The molecule has 0 spiro atoms. The molecule has 0 atom stereocenters. The molecule has 0 saturated heterocycles. The average Bonchev–Trinajstić information content (AvgIpc) is 2.49. The lowest BCUT2D eigenvalue weighted by Crippen LogP contribution is -2.13. The van der Waals surface area contributed by atoms with Crippen LogP contribution in [0.5, 0.6) is 0 Å². The van der Waals surface area contributed by atoms with Gasteiger partial charge in [0.15, 0.2) is 0 Å². The summed E-state index contributed by atoms with van der Waals surface area (Å²) in [5.74, 6) is 1.49. The summed E-state index contributed by atoms with van der Waals surface area (Å²) < 4.78 is 0. The highest BCUT2D eigenvalue weighted by molar-refractivity contribution is 5.92. The van der Waals surface area contributed by atoms with Crippen molar-refractivity contribution in [1.82, 2.24) is 15.0 Å². The summed E-state index contributed by atoms with van der Waals surface area (Å²) in [6.45, 7) is 4.00. The van der Waals surface area contributed by atoms with Crippen LogP contribution in [0.15, 0.2) is 36.5 Å². The molecular weight excluding hydrogens is 274 g/mol. The Morgan fingerprint density at radius 1 is 1.00 bits per heavy atom. The number of nitrogens with zero attached hydrogens (tertiary/aromatic N) is 4. The monoisotopic (exact) mass is 293 g/mol. The van der Waals surface area contributed by atoms with Crippen molar-refractivity contribution >= 4 is 28.4 Å². The van der Waals surface area contributed by atoms with Crippen molar-refractivity contribution in [1.29, 1.82) is 0 Å². The van der Waals surface area contributed by atoms with E-state index >= 15 is 0 Å². The number of pyridine rings is 1. The Labute approximate surface area is 130 Å². The van der Waals surface area contributed by atoms with E-state index in [4.69, 9.17) is 0 Å². The van der Waals surface area contributed by atoms with E-state index in [-0.39, 0.29) is 0 Å². The van der Waals surface area contributed by atoms with Crippen LogP contribution < -0.4 is 10.2 Å². The van der Waals surface area contributed by atoms with Crippen molar-refractivity contribution < 1.29 is 0 Å². The number of fused-ring (bicyclic) bond motifs is 1. The smallest absolute Gasteiger partial charge is 0.229 e. The minimum atomic E-state index is 0.586. The second-order valence-electron chi connectivity index (χ2n) is 5.54. The molecule has 0 aliphatic rings. The van der Waals surface area contributed by atoms with E-state index in [1.54, 1.807) is 0 Å². The molecule has 0 bridgehead atoms. The maximum absolute atomic E-state index is 4.57. The van der Waals surface area contributed by atoms with E-state index in [9.17, 15) is 0 Å². The van der Waals surface area contributed by atoms with Crippen LogP contribution in [0.25, 0.3) is 10.9 Å². The third kappa shape index (κ3) is 2.70. The quantitative estimate of drug-likeness (QED) is 0.801. The van der Waals surface area contributed by atoms with Gasteiger partial charge < -0.3 is 10.2 Å². The fourth-order valence-electron chi connectivity index (χ4n) is 2.43. The molecule has 3 rings (SSSR count). The van der Waals surface area contributed by atoms with Crippen LogP contribution in [0.2, 0.25) is 0 Å². The minimum absolute atomic E-state index is 0.586. The molecule has 112 valence electrons. The number of nitrogens with one attached hydrogen (secondary N) is 1. The fraction of sp³-hybridized carbons (Fsp3) is 0.235. The summed E-state index contributed by atoms with van der Waals surface area (Å²) in [4.78, 5) is 15.5. The Kier molecular flexibility index (Phi) is 3.63. The molecule has 2 heterocycles. The zero-order chi connectivity index (χ0) is 15.7. The average molecular weight is 293 g/mol. The molecule has 5 nitrogen and oxygen atoms in total. The molecule has 0 aliphatic carbocycles. The first-order valence-corrected chi connectivity index (χ1v) is 7.19. The third-order valence-electron chi connectivity index (χ3n) is 3.49. The molecule has 5 heteroatoms. The molecule has 0 fully saturated rings. The molecule has 0 radical (unpaired) electrons. The Morgan fingerprint density at radius 2 is 1.82 bits per heavy atom. The van der Waals surface area contributed by atoms with Gasteiger partial charge in [0, 0.05) is 36.9 Å². The second kappa shape index (κ2) is 5.60. The lowest BCUT2D eigenvalue weighted by atomic mass is 10.1. The summed E-state index contributed by atoms with van der Waals surface area (Å²) >= 11 is 0. The number of rotatable bonds is 3. The van der Waals surface area contributed by atoms with Gasteiger partial charge in [0.05, 0.1) is 11.2 Å². The fourth-order valence-corrected chi connectivity index (χ4v) is 2.43. The van der Waals surface area contributed by atoms with Crippen LogP contribution in [-0.2, 0) is 0 Å². The zero-order valence-corrected chi connectivity index (χ0v) is 13.3. The first-order valence-electron chi connectivity index (χ1n) is 7.19. The molecule has 3 aromatic rings. The van der Waals surface area contributed by atoms with Gasteiger partial charge in [-0.2, -0.15) is 4.98 Å². The highest BCUT2D eigenvalue weighted by Crippen LogP contribution is 2.25. The Hall–Kier alpha value is -2.69. The van der Waals surface area contributed by atoms with Gasteiger partial charge >= 0.3 is 0 Å². The topological polar surface area (TPSA) is 53.9 Å². The minimum Gasteiger partial charge on any atom is -0.362 e. The predicted molar refractivity (Wildman–Crippen MR) is 90.9 cm³/mol. The summed E-state index contributed by atoms with van der Waals surface area (Å²) in [5.41, 5.74) is 3.97. The number of aryl methyl sites for hydroxylation is 2. The van der Waals surface area contributed by atoms with E-state index in [0.717, 1.165) is 33.7 Å². The number of benzene rings is 1. The van der Waals surface area contributed by atoms with E-state index in [1.807, 2.05) is 63.3 Å². The van der Waals surface area contributed by atoms with Gasteiger partial charge in [-0.3, -0.25) is 4.98 Å². The van der Waals surface area contributed by atoms with Crippen molar-refractivity contribution in [2.45, 2.75) is 13.8 Å². The lowest BCUT2D eigenvalue weighted by molar-refractivity contribution is 1.02. The van der Waals surface area contributed by atoms with Gasteiger partial charge in [-0.05, 0) is 38.1 Å². The Balaban J connectivity index is 2.02. The van der Waals surface area contributed by atoms with Gasteiger partial charge in [0.25, 0.3) is 0 Å². The first kappa shape index (κ1) is 14.3. The maximum atomic E-state index is 4.57. The van der Waals surface area contributed by atoms with Crippen molar-refractivity contribution in [2.75, 3.05) is 24.3 Å². The van der Waals surface area contributed by atoms with Gasteiger partial charge in [-0.25, -0.2) is 4.98 Å². The van der Waals surface area contributed by atoms with Crippen LogP contribution in [-0.4, -0.2) is 29.0 Å². The van der Waals surface area contributed by atoms with Gasteiger partial charge in [0.1, 0.15) is 5.82 Å². The molecule has 0 aliphatic heterocycles. The normalized spacial score (nSPS) is 10.7. The number of anilines is 3. The maximum Gasteiger partial charge on any atom is 0.229 e. The number of hydrogen-bond acceptors (Lipinski definition) is 5. The largest absolute Gasteiger partial charge is 0.362 e. The number of aromatic nitrogens is 3. The van der Waals surface area contributed by atoms with Crippen LogP contribution in [0.1, 0.15) is 11.3 Å². The lowest BCUT2D eigenvalue weighted by Gasteiger charge is -2.15. The molecule has 1 N–H and O–H groups in total. The molecule has 0 saturated carbocycles. The van der Waals surface area contributed by atoms with Crippen LogP contribution in [0.4, 0.5) is 17.5 Å². The number of hydrogen-bond donors (Lipinski definition) is 1. The van der Waals surface area contributed by atoms with Crippen LogP contribution in [0.3, 0.4) is 0 Å². The highest BCUT2D eigenvalue weighted by Gasteiger charge is 2.08. The van der Waals surface area contributed by atoms with Gasteiger partial charge in [-0.1, -0.05) is 6.07 Å². The Bertz CT molecular complexity index is 826. The predicted octanol–water partition coefficient (Wildman–Crippen LogP) is 3.45. The van der Waals surface area contributed by atoms with Crippen molar-refractivity contribution in [2.24, 2.45) is 0 Å². The van der Waals surface area contributed by atoms with Crippen LogP contribution >= 0.6 is 0 Å². The standard InChI is InChI=1S/C17H19N5/c1-11-10-18-17(21-16(11)22(3)4)20-15-7-5-6-14-13(15)9-8-12(2)19-14/h5-10H,1-4H3,(H,18,20,21). The third-order valence-corrected chi connectivity index (χ3v) is 3.49. The van der Waals surface area contributed by atoms with E-state index in [0.29, 0.717) is 5.95 Å². The van der Waals surface area contributed by atoms with Crippen molar-refractivity contribution in [3.05, 3.63) is 47.8 Å². The van der Waals surface area contributed by atoms with E-state index < -0.39 is 0 Å². The molecule has 22 heavy (non-hydrogen) atoms.